The molecule has 1 unspecified atom stereocenters. The highest BCUT2D eigenvalue weighted by Gasteiger charge is 2.12. The largest absolute Gasteiger partial charge is 0.472 e. The molecule has 118 valence electrons. The van der Waals surface area contributed by atoms with Crippen molar-refractivity contribution in [3.05, 3.63) is 23.9 Å². The molecule has 1 atom stereocenters. The molecule has 0 aliphatic carbocycles. The van der Waals surface area contributed by atoms with Crippen molar-refractivity contribution in [2.24, 2.45) is 5.92 Å². The van der Waals surface area contributed by atoms with E-state index in [1.165, 1.54) is 18.3 Å². The number of halogens is 2. The summed E-state index contributed by atoms with van der Waals surface area (Å²) in [5.41, 5.74) is 0.272. The van der Waals surface area contributed by atoms with Crippen LogP contribution in [0.25, 0.3) is 0 Å². The summed E-state index contributed by atoms with van der Waals surface area (Å²) >= 11 is 0. The predicted octanol–water partition coefficient (Wildman–Crippen LogP) is 1.86. The molecule has 1 aromatic heterocycles. The van der Waals surface area contributed by atoms with E-state index >= 15 is 0 Å². The van der Waals surface area contributed by atoms with Crippen molar-refractivity contribution >= 4 is 5.91 Å². The molecular weight excluding hydrogens is 282 g/mol. The summed E-state index contributed by atoms with van der Waals surface area (Å²) in [4.78, 5) is 15.6. The second-order valence-electron chi connectivity index (χ2n) is 4.94. The number of ether oxygens (including phenoxy) is 1. The Morgan fingerprint density at radius 2 is 2.19 bits per heavy atom. The normalized spacial score (nSPS) is 12.5. The fourth-order valence-corrected chi connectivity index (χ4v) is 1.55. The van der Waals surface area contributed by atoms with Gasteiger partial charge >= 0.3 is 0 Å². The molecule has 21 heavy (non-hydrogen) atoms. The zero-order valence-electron chi connectivity index (χ0n) is 12.1. The molecule has 0 spiro atoms. The lowest BCUT2D eigenvalue weighted by atomic mass is 10.0. The molecular formula is C14H20F2N2O3. The standard InChI is InChI=1S/C14H20F2N2O3/c1-9(2)11(19)4-6-18-14(20)10-3-5-17-13(7-10)21-8-12(15)16/h3,5,7,9,11-12,19H,4,6,8H2,1-2H3,(H,18,20). The van der Waals surface area contributed by atoms with Crippen molar-refractivity contribution in [3.63, 3.8) is 0 Å². The number of aliphatic hydroxyl groups excluding tert-OH is 1. The molecule has 1 aromatic rings. The van der Waals surface area contributed by atoms with Gasteiger partial charge in [-0.3, -0.25) is 4.79 Å². The van der Waals surface area contributed by atoms with Crippen LogP contribution in [0.1, 0.15) is 30.6 Å². The fraction of sp³-hybridized carbons (Fsp3) is 0.571. The first kappa shape index (κ1) is 17.3. The maximum atomic E-state index is 12.0. The van der Waals surface area contributed by atoms with Gasteiger partial charge in [-0.2, -0.15) is 0 Å². The quantitative estimate of drug-likeness (QED) is 0.769. The van der Waals surface area contributed by atoms with E-state index in [1.54, 1.807) is 0 Å². The van der Waals surface area contributed by atoms with Gasteiger partial charge in [-0.25, -0.2) is 13.8 Å². The van der Waals surface area contributed by atoms with Crippen molar-refractivity contribution < 1.29 is 23.4 Å². The number of nitrogens with one attached hydrogen (secondary N) is 1. The second kappa shape index (κ2) is 8.51. The Morgan fingerprint density at radius 1 is 1.48 bits per heavy atom. The van der Waals surface area contributed by atoms with E-state index in [9.17, 15) is 18.7 Å². The van der Waals surface area contributed by atoms with E-state index in [4.69, 9.17) is 4.74 Å². The van der Waals surface area contributed by atoms with Gasteiger partial charge < -0.3 is 15.2 Å². The van der Waals surface area contributed by atoms with Crippen LogP contribution >= 0.6 is 0 Å². The number of carbonyl (C=O) groups excluding carboxylic acids is 1. The van der Waals surface area contributed by atoms with Crippen molar-refractivity contribution in [3.8, 4) is 5.88 Å². The molecule has 7 heteroatoms. The zero-order valence-corrected chi connectivity index (χ0v) is 12.1. The van der Waals surface area contributed by atoms with Gasteiger partial charge in [0.2, 0.25) is 5.88 Å². The van der Waals surface area contributed by atoms with Gasteiger partial charge in [-0.05, 0) is 18.4 Å². The minimum absolute atomic E-state index is 0.0230. The topological polar surface area (TPSA) is 71.5 Å². The Kier molecular flexibility index (Phi) is 7.01. The second-order valence-corrected chi connectivity index (χ2v) is 4.94. The van der Waals surface area contributed by atoms with Gasteiger partial charge in [-0.1, -0.05) is 13.8 Å². The molecule has 1 amide bonds. The molecule has 0 saturated carbocycles. The minimum atomic E-state index is -2.60. The highest BCUT2D eigenvalue weighted by Crippen LogP contribution is 2.11. The van der Waals surface area contributed by atoms with E-state index in [0.717, 1.165) is 0 Å². The average Bonchev–Trinajstić information content (AvgIpc) is 2.45. The number of aromatic nitrogens is 1. The first-order chi connectivity index (χ1) is 9.90. The van der Waals surface area contributed by atoms with Gasteiger partial charge in [0.05, 0.1) is 6.10 Å². The Hall–Kier alpha value is -1.76. The van der Waals surface area contributed by atoms with Crippen molar-refractivity contribution in [2.75, 3.05) is 13.2 Å². The molecule has 2 N–H and O–H groups in total. The van der Waals surface area contributed by atoms with E-state index in [1.807, 2.05) is 13.8 Å². The van der Waals surface area contributed by atoms with Crippen LogP contribution in [-0.2, 0) is 0 Å². The zero-order chi connectivity index (χ0) is 15.8. The summed E-state index contributed by atoms with van der Waals surface area (Å²) in [5, 5.41) is 12.3. The summed E-state index contributed by atoms with van der Waals surface area (Å²) in [5.74, 6) is -0.266. The number of aliphatic hydroxyl groups is 1. The van der Waals surface area contributed by atoms with Gasteiger partial charge in [0, 0.05) is 24.4 Å². The fourth-order valence-electron chi connectivity index (χ4n) is 1.55. The first-order valence-corrected chi connectivity index (χ1v) is 6.73. The lowest BCUT2D eigenvalue weighted by Gasteiger charge is -2.14. The van der Waals surface area contributed by atoms with Gasteiger partial charge in [0.1, 0.15) is 0 Å². The molecule has 5 nitrogen and oxygen atoms in total. The number of hydrogen-bond donors (Lipinski definition) is 2. The third kappa shape index (κ3) is 6.48. The van der Waals surface area contributed by atoms with Gasteiger partial charge in [0.15, 0.2) is 6.61 Å². The van der Waals surface area contributed by atoms with E-state index < -0.39 is 19.1 Å². The summed E-state index contributed by atoms with van der Waals surface area (Å²) in [6.45, 7) is 3.34. The van der Waals surface area contributed by atoms with Crippen molar-refractivity contribution in [1.82, 2.24) is 10.3 Å². The summed E-state index contributed by atoms with van der Waals surface area (Å²) in [6, 6.07) is 2.76. The number of nitrogens with zero attached hydrogens (tertiary/aromatic N) is 1. The lowest BCUT2D eigenvalue weighted by Crippen LogP contribution is -2.28. The van der Waals surface area contributed by atoms with Crippen LogP contribution in [0.2, 0.25) is 0 Å². The molecule has 1 rings (SSSR count). The SMILES string of the molecule is CC(C)C(O)CCNC(=O)c1ccnc(OCC(F)F)c1. The highest BCUT2D eigenvalue weighted by molar-refractivity contribution is 5.94. The maximum Gasteiger partial charge on any atom is 0.272 e. The van der Waals surface area contributed by atoms with Crippen LogP contribution in [0, 0.1) is 5.92 Å². The van der Waals surface area contributed by atoms with Gasteiger partial charge in [-0.15, -0.1) is 0 Å². The van der Waals surface area contributed by atoms with Crippen LogP contribution < -0.4 is 10.1 Å². The molecule has 0 fully saturated rings. The summed E-state index contributed by atoms with van der Waals surface area (Å²) in [6.07, 6.45) is -1.31. The van der Waals surface area contributed by atoms with Crippen LogP contribution in [0.4, 0.5) is 8.78 Å². The average molecular weight is 302 g/mol. The number of amides is 1. The van der Waals surface area contributed by atoms with Crippen LogP contribution in [0.5, 0.6) is 5.88 Å². The Labute approximate surface area is 122 Å². The minimum Gasteiger partial charge on any atom is -0.472 e. The predicted molar refractivity (Wildman–Crippen MR) is 73.5 cm³/mol. The smallest absolute Gasteiger partial charge is 0.272 e. The number of pyridine rings is 1. The molecule has 0 radical (unpaired) electrons. The molecule has 1 heterocycles. The monoisotopic (exact) mass is 302 g/mol. The number of carbonyl (C=O) groups is 1. The van der Waals surface area contributed by atoms with Crippen LogP contribution in [-0.4, -0.2) is 41.7 Å². The van der Waals surface area contributed by atoms with E-state index in [2.05, 4.69) is 10.3 Å². The van der Waals surface area contributed by atoms with Crippen molar-refractivity contribution in [1.29, 1.82) is 0 Å². The molecule has 0 aromatic carbocycles. The number of alkyl halides is 2. The maximum absolute atomic E-state index is 12.0. The molecule has 0 saturated heterocycles. The van der Waals surface area contributed by atoms with Gasteiger partial charge in [0.25, 0.3) is 12.3 Å². The van der Waals surface area contributed by atoms with Crippen molar-refractivity contribution in [2.45, 2.75) is 32.8 Å². The summed E-state index contributed by atoms with van der Waals surface area (Å²) in [7, 11) is 0. The van der Waals surface area contributed by atoms with E-state index in [-0.39, 0.29) is 23.3 Å². The molecule has 0 aliphatic rings. The Bertz CT molecular complexity index is 456. The van der Waals surface area contributed by atoms with Crippen LogP contribution in [0.3, 0.4) is 0 Å². The third-order valence-electron chi connectivity index (χ3n) is 2.85. The number of rotatable bonds is 8. The summed E-state index contributed by atoms with van der Waals surface area (Å²) < 4.78 is 28.8. The first-order valence-electron chi connectivity index (χ1n) is 6.73. The highest BCUT2D eigenvalue weighted by atomic mass is 19.3. The lowest BCUT2D eigenvalue weighted by molar-refractivity contribution is 0.0794. The third-order valence-corrected chi connectivity index (χ3v) is 2.85. The van der Waals surface area contributed by atoms with E-state index in [0.29, 0.717) is 13.0 Å². The Balaban J connectivity index is 2.48. The Morgan fingerprint density at radius 3 is 2.81 bits per heavy atom. The van der Waals surface area contributed by atoms with Crippen LogP contribution in [0.15, 0.2) is 18.3 Å². The molecule has 0 aliphatic heterocycles. The molecule has 0 bridgehead atoms. The number of hydrogen-bond acceptors (Lipinski definition) is 4.